The van der Waals surface area contributed by atoms with Gasteiger partial charge in [0.25, 0.3) is 0 Å². The lowest BCUT2D eigenvalue weighted by molar-refractivity contribution is -0.282. The molecule has 12 rings (SSSR count). The van der Waals surface area contributed by atoms with E-state index in [0.29, 0.717) is 54.6 Å². The number of carbonyl (C=O) groups excluding carboxylic acids is 10. The second-order valence-electron chi connectivity index (χ2n) is 26.1. The summed E-state index contributed by atoms with van der Waals surface area (Å²) in [5.74, 6) is -60.3. The number of benzene rings is 9. The number of esters is 9. The Balaban J connectivity index is 1.02. The number of fused-ring (bicyclic) bond motifs is 7. The first-order valence-corrected chi connectivity index (χ1v) is 33.8. The fourth-order valence-corrected chi connectivity index (χ4v) is 12.4. The van der Waals surface area contributed by atoms with Gasteiger partial charge in [-0.3, -0.25) is 4.79 Å². The molecule has 0 bridgehead atoms. The molecule has 9 atom stereocenters. The van der Waals surface area contributed by atoms with Crippen molar-refractivity contribution in [1.82, 2.24) is 0 Å². The van der Waals surface area contributed by atoms with E-state index in [4.69, 9.17) is 52.1 Å². The molecule has 48 heteroatoms. The Bertz CT molecular complexity index is 5950. The summed E-state index contributed by atoms with van der Waals surface area (Å²) >= 11 is 0. The number of carbonyl (C=O) groups is 10. The van der Waals surface area contributed by atoms with Crippen molar-refractivity contribution in [2.45, 2.75) is 55.1 Å². The molecule has 0 radical (unpaired) electrons. The van der Waals surface area contributed by atoms with Gasteiger partial charge in [0.2, 0.25) is 46.9 Å². The fraction of sp³-hybridized carbons (Fsp3) is 0.147. The van der Waals surface area contributed by atoms with Gasteiger partial charge in [0.05, 0.1) is 44.5 Å². The summed E-state index contributed by atoms with van der Waals surface area (Å²) in [6.45, 7) is -3.25. The van der Waals surface area contributed by atoms with Gasteiger partial charge in [0.15, 0.2) is 163 Å². The van der Waals surface area contributed by atoms with Gasteiger partial charge in [0, 0.05) is 34.4 Å². The molecule has 27 N–H and O–H groups in total. The highest BCUT2D eigenvalue weighted by molar-refractivity contribution is 6.10. The molecule has 9 aromatic carbocycles. The summed E-state index contributed by atoms with van der Waals surface area (Å²) < 4.78 is 61.3. The third-order valence-corrected chi connectivity index (χ3v) is 18.4. The highest BCUT2D eigenvalue weighted by Crippen LogP contribution is 2.58. The molecule has 9 aromatic rings. The predicted molar refractivity (Wildman–Crippen MR) is 381 cm³/mol. The van der Waals surface area contributed by atoms with Crippen LogP contribution in [0.15, 0.2) is 78.9 Å². The van der Waals surface area contributed by atoms with Crippen molar-refractivity contribution in [1.29, 1.82) is 0 Å². The predicted octanol–water partition coefficient (Wildman–Crippen LogP) is 2.59. The summed E-state index contributed by atoms with van der Waals surface area (Å²) in [6.07, 6.45) is -26.8. The van der Waals surface area contributed by atoms with E-state index in [2.05, 4.69) is 0 Å². The van der Waals surface area contributed by atoms with Crippen molar-refractivity contribution in [2.75, 3.05) is 13.2 Å². The summed E-state index contributed by atoms with van der Waals surface area (Å²) in [5.41, 5.74) is -16.7. The maximum absolute atomic E-state index is 15.4. The van der Waals surface area contributed by atoms with Gasteiger partial charge < -0.3 is 190 Å². The standard InChI is InChI=1S/C75H54O48/c76-14-40(116-66(104)17-1-26(77)46(90)27(78)2-17)62(119-67(105)18-3-28(79)47(91)29(80)4-18)61-38(89)15-113-70(108)21-9-34(85)51(95)56(100)43(21)45-24(73(111)118-61)13-39(54(98)58(45)102)115-60-25(12-37(88)53(97)59(60)103)74(112)123-75-65(122-69(107)20-7-32(83)49(93)33(84)8-20)64(121-68(106)19-5-30(81)48(92)31(82)6-19)63-41(117-75)16-114-71(109)22-10-35(86)50(94)55(99)42(22)44-23(72(110)120-63)11-36(87)52(96)57(44)101/h1-14,38,40-41,61-65,75,77-103H,15-16H2. The van der Waals surface area contributed by atoms with Crippen LogP contribution in [0.4, 0.5) is 0 Å². The van der Waals surface area contributed by atoms with E-state index < -0.39 is 362 Å². The van der Waals surface area contributed by atoms with Crippen LogP contribution in [0, 0.1) is 0 Å². The zero-order valence-corrected chi connectivity index (χ0v) is 60.3. The lowest BCUT2D eigenvalue weighted by Crippen LogP contribution is -2.63. The number of aldehydes is 1. The monoisotopic (exact) mass is 1720 g/mol. The van der Waals surface area contributed by atoms with Crippen molar-refractivity contribution in [3.8, 4) is 183 Å². The zero-order chi connectivity index (χ0) is 90.2. The number of hydrogen-bond acceptors (Lipinski definition) is 48. The number of aliphatic hydroxyl groups is 1. The quantitative estimate of drug-likeness (QED) is 0.0303. The number of phenolic OH excluding ortho intramolecular Hbond substituents is 26. The van der Waals surface area contributed by atoms with Crippen LogP contribution in [0.5, 0.6) is 161 Å². The minimum absolute atomic E-state index is 0.0576. The highest BCUT2D eigenvalue weighted by atomic mass is 16.8. The molecule has 0 aliphatic carbocycles. The van der Waals surface area contributed by atoms with Gasteiger partial charge in [-0.25, -0.2) is 43.2 Å². The second kappa shape index (κ2) is 32.1. The smallest absolute Gasteiger partial charge is 0.344 e. The van der Waals surface area contributed by atoms with Gasteiger partial charge in [-0.2, -0.15) is 0 Å². The average molecular weight is 1720 g/mol. The number of phenols is 26. The SMILES string of the molecule is O=CC(OC(=O)c1cc(O)c(O)c(O)c1)C(OC(=O)c1cc(O)c(O)c(O)c1)C1OC(=O)c2cc(Oc3c(C(=O)OC4OC5COC(=O)c6cc(O)c(O)c(O)c6-c6c(cc(O)c(O)c6O)C(=O)OC5C(OC(=O)c5cc(O)c(O)c(O)c5)C4OC(=O)c4cc(O)c(O)c(O)c4)cc(O)c(O)c3O)c(O)c(O)c2-c2c(cc(O)c(O)c2O)C(=O)OCC1O. The Morgan fingerprint density at radius 2 is 0.691 bits per heavy atom. The Morgan fingerprint density at radius 1 is 0.350 bits per heavy atom. The normalized spacial score (nSPS) is 17.9. The Morgan fingerprint density at radius 3 is 1.11 bits per heavy atom. The van der Waals surface area contributed by atoms with Crippen LogP contribution in [0.2, 0.25) is 0 Å². The van der Waals surface area contributed by atoms with Crippen LogP contribution in [-0.2, 0) is 52.2 Å². The second-order valence-corrected chi connectivity index (χ2v) is 26.1. The van der Waals surface area contributed by atoms with Crippen LogP contribution >= 0.6 is 0 Å². The topological polar surface area (TPSA) is 818 Å². The molecule has 123 heavy (non-hydrogen) atoms. The number of aromatic hydroxyl groups is 26. The molecule has 0 saturated carbocycles. The van der Waals surface area contributed by atoms with Gasteiger partial charge >= 0.3 is 53.7 Å². The molecule has 0 spiro atoms. The van der Waals surface area contributed by atoms with Gasteiger partial charge in [-0.1, -0.05) is 0 Å². The van der Waals surface area contributed by atoms with Crippen molar-refractivity contribution in [3.05, 3.63) is 129 Å². The molecule has 0 aromatic heterocycles. The van der Waals surface area contributed by atoms with Gasteiger partial charge in [0.1, 0.15) is 31.0 Å². The summed E-state index contributed by atoms with van der Waals surface area (Å²) in [7, 11) is 0. The highest BCUT2D eigenvalue weighted by Gasteiger charge is 2.56. The summed E-state index contributed by atoms with van der Waals surface area (Å²) in [6, 6.07) is 3.97. The van der Waals surface area contributed by atoms with E-state index in [1.807, 2.05) is 0 Å². The van der Waals surface area contributed by atoms with E-state index in [1.54, 1.807) is 0 Å². The van der Waals surface area contributed by atoms with E-state index in [0.717, 1.165) is 0 Å². The maximum atomic E-state index is 15.4. The molecule has 1 saturated heterocycles. The molecule has 0 amide bonds. The lowest BCUT2D eigenvalue weighted by Gasteiger charge is -2.43. The molecule has 3 aliphatic heterocycles. The third-order valence-electron chi connectivity index (χ3n) is 18.4. The third kappa shape index (κ3) is 15.4. The molecular formula is C75H54O48. The Hall–Kier alpha value is -17.6. The number of rotatable bonds is 15. The van der Waals surface area contributed by atoms with Gasteiger partial charge in [-0.05, 0) is 66.7 Å². The number of aliphatic hydroxyl groups excluding tert-OH is 1. The number of cyclic esters (lactones) is 3. The van der Waals surface area contributed by atoms with Crippen LogP contribution in [-0.4, -0.2) is 266 Å². The molecule has 642 valence electrons. The molecule has 3 heterocycles. The Kier molecular flexibility index (Phi) is 22.1. The number of hydrogen-bond donors (Lipinski definition) is 27. The molecule has 9 unspecified atom stereocenters. The van der Waals surface area contributed by atoms with Crippen LogP contribution in [0.1, 0.15) is 93.2 Å². The fourth-order valence-electron chi connectivity index (χ4n) is 12.4. The first kappa shape index (κ1) is 84.8. The number of ether oxygens (including phenoxy) is 11. The summed E-state index contributed by atoms with van der Waals surface area (Å²) in [5, 5.41) is 294. The molecule has 1 fully saturated rings. The lowest BCUT2D eigenvalue weighted by atomic mass is 9.91. The molecular weight excluding hydrogens is 1670 g/mol. The van der Waals surface area contributed by atoms with Crippen molar-refractivity contribution in [2.24, 2.45) is 0 Å². The van der Waals surface area contributed by atoms with Crippen LogP contribution in [0.3, 0.4) is 0 Å². The first-order chi connectivity index (χ1) is 57.8. The van der Waals surface area contributed by atoms with E-state index in [1.165, 1.54) is 0 Å². The molecule has 3 aliphatic rings. The molecule has 48 nitrogen and oxygen atoms in total. The average Bonchev–Trinajstić information content (AvgIpc) is 1.64. The van der Waals surface area contributed by atoms with Crippen molar-refractivity contribution in [3.63, 3.8) is 0 Å². The van der Waals surface area contributed by atoms with Gasteiger partial charge in [-0.15, -0.1) is 0 Å². The maximum Gasteiger partial charge on any atom is 0.344 e. The van der Waals surface area contributed by atoms with E-state index >= 15 is 14.4 Å². The Labute approximate surface area is 676 Å². The van der Waals surface area contributed by atoms with Crippen molar-refractivity contribution < 1.29 is 238 Å². The van der Waals surface area contributed by atoms with Crippen molar-refractivity contribution >= 4 is 60.0 Å². The minimum atomic E-state index is -3.13. The zero-order valence-electron chi connectivity index (χ0n) is 60.3. The largest absolute Gasteiger partial charge is 0.504 e. The first-order valence-electron chi connectivity index (χ1n) is 33.8. The minimum Gasteiger partial charge on any atom is -0.504 e. The van der Waals surface area contributed by atoms with Crippen LogP contribution < -0.4 is 4.74 Å². The van der Waals surface area contributed by atoms with Crippen LogP contribution in [0.25, 0.3) is 22.3 Å². The van der Waals surface area contributed by atoms with E-state index in [9.17, 15) is 171 Å². The summed E-state index contributed by atoms with van der Waals surface area (Å²) in [4.78, 5) is 145. The van der Waals surface area contributed by atoms with E-state index in [-0.39, 0.29) is 24.3 Å².